The smallest absolute Gasteiger partial charge is 0.255 e. The number of halogens is 1. The summed E-state index contributed by atoms with van der Waals surface area (Å²) >= 11 is 7.45. The molecule has 6 heteroatoms. The number of nitrogens with one attached hydrogen (secondary N) is 2. The molecule has 0 saturated heterocycles. The van der Waals surface area contributed by atoms with Crippen LogP contribution in [0.25, 0.3) is 0 Å². The number of anilines is 2. The number of amides is 2. The molecule has 3 aromatic rings. The molecule has 0 aliphatic carbocycles. The van der Waals surface area contributed by atoms with Crippen LogP contribution in [-0.4, -0.2) is 17.1 Å². The summed E-state index contributed by atoms with van der Waals surface area (Å²) in [5.74, 6) is -0.276. The van der Waals surface area contributed by atoms with Crippen molar-refractivity contribution in [1.82, 2.24) is 0 Å². The van der Waals surface area contributed by atoms with Gasteiger partial charge in [0, 0.05) is 26.9 Å². The third-order valence-electron chi connectivity index (χ3n) is 5.16. The van der Waals surface area contributed by atoms with Crippen LogP contribution in [0.2, 0.25) is 5.02 Å². The summed E-state index contributed by atoms with van der Waals surface area (Å²) in [5, 5.41) is 6.30. The normalized spacial score (nSPS) is 12.2. The number of benzene rings is 3. The lowest BCUT2D eigenvalue weighted by atomic mass is 9.87. The van der Waals surface area contributed by atoms with E-state index in [0.29, 0.717) is 28.4 Å². The van der Waals surface area contributed by atoms with Gasteiger partial charge in [0.1, 0.15) is 0 Å². The molecule has 33 heavy (non-hydrogen) atoms. The fraction of sp³-hybridized carbons (Fsp3) is 0.259. The van der Waals surface area contributed by atoms with Crippen molar-refractivity contribution in [1.29, 1.82) is 0 Å². The van der Waals surface area contributed by atoms with Crippen LogP contribution in [0.15, 0.2) is 77.7 Å². The number of carbonyl (C=O) groups is 2. The second kappa shape index (κ2) is 10.9. The van der Waals surface area contributed by atoms with Gasteiger partial charge in [-0.2, -0.15) is 0 Å². The van der Waals surface area contributed by atoms with E-state index >= 15 is 0 Å². The van der Waals surface area contributed by atoms with Gasteiger partial charge in [-0.25, -0.2) is 0 Å². The Morgan fingerprint density at radius 1 is 0.909 bits per heavy atom. The van der Waals surface area contributed by atoms with Crippen LogP contribution in [0.3, 0.4) is 0 Å². The lowest BCUT2D eigenvalue weighted by Crippen LogP contribution is -2.24. The first kappa shape index (κ1) is 24.9. The molecule has 0 radical (unpaired) electrons. The average molecular weight is 481 g/mol. The minimum absolute atomic E-state index is 0.0315. The Bertz CT molecular complexity index is 1110. The summed E-state index contributed by atoms with van der Waals surface area (Å²) in [6.45, 7) is 8.39. The van der Waals surface area contributed by atoms with E-state index in [-0.39, 0.29) is 22.5 Å². The van der Waals surface area contributed by atoms with Gasteiger partial charge in [0.05, 0.1) is 5.25 Å². The molecule has 0 aromatic heterocycles. The lowest BCUT2D eigenvalue weighted by molar-refractivity contribution is -0.115. The van der Waals surface area contributed by atoms with E-state index < -0.39 is 0 Å². The highest BCUT2D eigenvalue weighted by molar-refractivity contribution is 8.00. The summed E-state index contributed by atoms with van der Waals surface area (Å²) in [4.78, 5) is 26.5. The molecule has 2 N–H and O–H groups in total. The Labute approximate surface area is 205 Å². The van der Waals surface area contributed by atoms with Crippen molar-refractivity contribution in [2.24, 2.45) is 0 Å². The summed E-state index contributed by atoms with van der Waals surface area (Å²) in [7, 11) is 0. The molecule has 0 aliphatic heterocycles. The first-order chi connectivity index (χ1) is 15.7. The number of hydrogen-bond acceptors (Lipinski definition) is 3. The van der Waals surface area contributed by atoms with Gasteiger partial charge in [-0.1, -0.05) is 57.5 Å². The maximum Gasteiger partial charge on any atom is 0.255 e. The maximum absolute atomic E-state index is 12.8. The van der Waals surface area contributed by atoms with Crippen LogP contribution >= 0.6 is 23.4 Å². The molecule has 1 atom stereocenters. The largest absolute Gasteiger partial charge is 0.325 e. The van der Waals surface area contributed by atoms with Crippen molar-refractivity contribution in [3.63, 3.8) is 0 Å². The second-order valence-corrected chi connectivity index (χ2v) is 10.5. The third-order valence-corrected chi connectivity index (χ3v) is 6.78. The molecule has 0 saturated carbocycles. The monoisotopic (exact) mass is 480 g/mol. The number of hydrogen-bond donors (Lipinski definition) is 2. The zero-order chi connectivity index (χ0) is 24.0. The van der Waals surface area contributed by atoms with Crippen LogP contribution in [0.1, 0.15) is 50.0 Å². The molecule has 0 unspecified atom stereocenters. The second-order valence-electron chi connectivity index (χ2n) is 8.82. The summed E-state index contributed by atoms with van der Waals surface area (Å²) in [6.07, 6.45) is 0.681. The summed E-state index contributed by atoms with van der Waals surface area (Å²) in [6, 6.07) is 22.3. The van der Waals surface area contributed by atoms with Gasteiger partial charge in [0.25, 0.3) is 5.91 Å². The molecule has 3 rings (SSSR count). The standard InChI is InChI=1S/C27H29ClN2O2S/c1-5-24(33-23-15-13-20(28)14-16-23)26(32)30-22-8-6-7-21(17-22)29-25(31)18-9-11-19(12-10-18)27(2,3)4/h6-17,24H,5H2,1-4H3,(H,29,31)(H,30,32)/t24-/m0/s1. The Balaban J connectivity index is 1.64. The summed E-state index contributed by atoms with van der Waals surface area (Å²) < 4.78 is 0. The molecule has 0 bridgehead atoms. The predicted molar refractivity (Wildman–Crippen MR) is 140 cm³/mol. The van der Waals surface area contributed by atoms with E-state index in [1.807, 2.05) is 61.5 Å². The highest BCUT2D eigenvalue weighted by Gasteiger charge is 2.19. The van der Waals surface area contributed by atoms with Crippen molar-refractivity contribution in [2.75, 3.05) is 10.6 Å². The average Bonchev–Trinajstić information content (AvgIpc) is 2.78. The highest BCUT2D eigenvalue weighted by atomic mass is 35.5. The zero-order valence-electron chi connectivity index (χ0n) is 19.3. The maximum atomic E-state index is 12.8. The van der Waals surface area contributed by atoms with Crippen LogP contribution in [-0.2, 0) is 10.2 Å². The van der Waals surface area contributed by atoms with Gasteiger partial charge in [0.2, 0.25) is 5.91 Å². The van der Waals surface area contributed by atoms with Crippen molar-refractivity contribution in [3.05, 3.63) is 88.9 Å². The Morgan fingerprint density at radius 2 is 1.52 bits per heavy atom. The van der Waals surface area contributed by atoms with E-state index in [1.54, 1.807) is 18.2 Å². The van der Waals surface area contributed by atoms with Crippen molar-refractivity contribution < 1.29 is 9.59 Å². The SMILES string of the molecule is CC[C@H](Sc1ccc(Cl)cc1)C(=O)Nc1cccc(NC(=O)c2ccc(C(C)(C)C)cc2)c1. The zero-order valence-corrected chi connectivity index (χ0v) is 20.9. The van der Waals surface area contributed by atoms with E-state index in [4.69, 9.17) is 11.6 Å². The predicted octanol–water partition coefficient (Wildman–Crippen LogP) is 7.40. The molecule has 172 valence electrons. The fourth-order valence-corrected chi connectivity index (χ4v) is 4.30. The Hall–Kier alpha value is -2.76. The quantitative estimate of drug-likeness (QED) is 0.346. The number of rotatable bonds is 7. The van der Waals surface area contributed by atoms with Gasteiger partial charge in [-0.15, -0.1) is 11.8 Å². The van der Waals surface area contributed by atoms with Crippen LogP contribution in [0.4, 0.5) is 11.4 Å². The summed E-state index contributed by atoms with van der Waals surface area (Å²) in [5.41, 5.74) is 3.05. The van der Waals surface area contributed by atoms with Crippen molar-refractivity contribution in [3.8, 4) is 0 Å². The molecule has 4 nitrogen and oxygen atoms in total. The first-order valence-electron chi connectivity index (χ1n) is 10.9. The number of thioether (sulfide) groups is 1. The highest BCUT2D eigenvalue weighted by Crippen LogP contribution is 2.28. The molecule has 2 amide bonds. The molecule has 0 aliphatic rings. The van der Waals surface area contributed by atoms with Gasteiger partial charge < -0.3 is 10.6 Å². The molecule has 3 aromatic carbocycles. The molecular weight excluding hydrogens is 452 g/mol. The van der Waals surface area contributed by atoms with E-state index in [2.05, 4.69) is 31.4 Å². The fourth-order valence-electron chi connectivity index (χ4n) is 3.22. The number of carbonyl (C=O) groups excluding carboxylic acids is 2. The van der Waals surface area contributed by atoms with Gasteiger partial charge in [-0.3, -0.25) is 9.59 Å². The van der Waals surface area contributed by atoms with E-state index in [1.165, 1.54) is 17.3 Å². The van der Waals surface area contributed by atoms with Gasteiger partial charge in [-0.05, 0) is 72.0 Å². The molecular formula is C27H29ClN2O2S. The van der Waals surface area contributed by atoms with Crippen molar-refractivity contribution in [2.45, 2.75) is 49.7 Å². The first-order valence-corrected chi connectivity index (χ1v) is 12.2. The van der Waals surface area contributed by atoms with Crippen LogP contribution in [0.5, 0.6) is 0 Å². The van der Waals surface area contributed by atoms with Crippen molar-refractivity contribution >= 4 is 46.6 Å². The third kappa shape index (κ3) is 7.11. The minimum Gasteiger partial charge on any atom is -0.325 e. The van der Waals surface area contributed by atoms with Crippen LogP contribution < -0.4 is 10.6 Å². The van der Waals surface area contributed by atoms with Gasteiger partial charge in [0.15, 0.2) is 0 Å². The molecule has 0 heterocycles. The van der Waals surface area contributed by atoms with E-state index in [9.17, 15) is 9.59 Å². The lowest BCUT2D eigenvalue weighted by Gasteiger charge is -2.19. The molecule has 0 spiro atoms. The Kier molecular flexibility index (Phi) is 8.22. The van der Waals surface area contributed by atoms with Gasteiger partial charge >= 0.3 is 0 Å². The van der Waals surface area contributed by atoms with E-state index in [0.717, 1.165) is 4.90 Å². The Morgan fingerprint density at radius 3 is 2.09 bits per heavy atom. The van der Waals surface area contributed by atoms with Crippen LogP contribution in [0, 0.1) is 0 Å². The molecule has 0 fully saturated rings. The topological polar surface area (TPSA) is 58.2 Å². The minimum atomic E-state index is -0.245.